The van der Waals surface area contributed by atoms with Crippen molar-refractivity contribution in [2.75, 3.05) is 12.8 Å². The van der Waals surface area contributed by atoms with E-state index in [4.69, 9.17) is 11.6 Å². The molecular formula is C13H18ClNS. The SMILES string of the molecule is CNC1c2cc(C)cc(Cl)c2CSCC1C. The molecule has 0 spiro atoms. The van der Waals surface area contributed by atoms with Gasteiger partial charge in [0, 0.05) is 16.8 Å². The predicted molar refractivity (Wildman–Crippen MR) is 73.3 cm³/mol. The van der Waals surface area contributed by atoms with E-state index in [1.54, 1.807) is 0 Å². The Morgan fingerprint density at radius 3 is 2.88 bits per heavy atom. The Kier molecular flexibility index (Phi) is 3.83. The van der Waals surface area contributed by atoms with Crippen LogP contribution >= 0.6 is 23.4 Å². The van der Waals surface area contributed by atoms with E-state index in [0.29, 0.717) is 12.0 Å². The molecule has 0 bridgehead atoms. The van der Waals surface area contributed by atoms with Crippen molar-refractivity contribution in [3.63, 3.8) is 0 Å². The zero-order chi connectivity index (χ0) is 11.7. The van der Waals surface area contributed by atoms with Gasteiger partial charge in [0.05, 0.1) is 0 Å². The normalized spacial score (nSPS) is 25.0. The molecule has 1 aliphatic rings. The van der Waals surface area contributed by atoms with Gasteiger partial charge in [0.2, 0.25) is 0 Å². The summed E-state index contributed by atoms with van der Waals surface area (Å²) in [5.74, 6) is 2.88. The fourth-order valence-corrected chi connectivity index (χ4v) is 4.05. The molecule has 0 saturated carbocycles. The highest BCUT2D eigenvalue weighted by Gasteiger charge is 2.25. The van der Waals surface area contributed by atoms with E-state index in [1.165, 1.54) is 22.4 Å². The maximum atomic E-state index is 6.35. The standard InChI is InChI=1S/C13H18ClNS/c1-8-4-10-11(12(14)5-8)7-16-6-9(2)13(10)15-3/h4-5,9,13,15H,6-7H2,1-3H3. The average molecular weight is 256 g/mol. The number of hydrogen-bond acceptors (Lipinski definition) is 2. The predicted octanol–water partition coefficient (Wildman–Crippen LogP) is 3.79. The van der Waals surface area contributed by atoms with Crippen LogP contribution in [0.5, 0.6) is 0 Å². The molecule has 0 saturated heterocycles. The second-order valence-electron chi connectivity index (χ2n) is 4.57. The summed E-state index contributed by atoms with van der Waals surface area (Å²) in [4.78, 5) is 0. The number of aryl methyl sites for hydroxylation is 1. The van der Waals surface area contributed by atoms with Crippen molar-refractivity contribution < 1.29 is 0 Å². The molecule has 1 nitrogen and oxygen atoms in total. The molecule has 3 heteroatoms. The third kappa shape index (κ3) is 2.24. The smallest absolute Gasteiger partial charge is 0.0452 e. The van der Waals surface area contributed by atoms with Crippen molar-refractivity contribution >= 4 is 23.4 Å². The molecule has 0 radical (unpaired) electrons. The number of benzene rings is 1. The Labute approximate surface area is 107 Å². The molecule has 2 unspecified atom stereocenters. The van der Waals surface area contributed by atoms with Gasteiger partial charge in [-0.05, 0) is 48.4 Å². The van der Waals surface area contributed by atoms with Gasteiger partial charge in [-0.2, -0.15) is 11.8 Å². The Morgan fingerprint density at radius 2 is 2.19 bits per heavy atom. The lowest BCUT2D eigenvalue weighted by atomic mass is 9.91. The van der Waals surface area contributed by atoms with Gasteiger partial charge in [-0.15, -0.1) is 0 Å². The molecule has 0 amide bonds. The minimum atomic E-state index is 0.433. The Bertz CT molecular complexity index is 392. The molecule has 1 aliphatic heterocycles. The Hall–Kier alpha value is -0.180. The zero-order valence-corrected chi connectivity index (χ0v) is 11.6. The van der Waals surface area contributed by atoms with Crippen molar-refractivity contribution in [3.8, 4) is 0 Å². The quantitative estimate of drug-likeness (QED) is 0.820. The molecule has 1 heterocycles. The second-order valence-corrected chi connectivity index (χ2v) is 6.01. The first-order chi connectivity index (χ1) is 7.63. The number of thioether (sulfide) groups is 1. The van der Waals surface area contributed by atoms with E-state index >= 15 is 0 Å². The van der Waals surface area contributed by atoms with Gasteiger partial charge < -0.3 is 5.32 Å². The third-order valence-corrected chi connectivity index (χ3v) is 4.81. The maximum Gasteiger partial charge on any atom is 0.0452 e. The highest BCUT2D eigenvalue weighted by molar-refractivity contribution is 7.98. The Morgan fingerprint density at radius 1 is 1.44 bits per heavy atom. The molecule has 1 N–H and O–H groups in total. The zero-order valence-electron chi connectivity index (χ0n) is 10.0. The lowest BCUT2D eigenvalue weighted by Crippen LogP contribution is -2.24. The van der Waals surface area contributed by atoms with E-state index < -0.39 is 0 Å². The van der Waals surface area contributed by atoms with Gasteiger partial charge >= 0.3 is 0 Å². The summed E-state index contributed by atoms with van der Waals surface area (Å²) in [5.41, 5.74) is 3.97. The summed E-state index contributed by atoms with van der Waals surface area (Å²) < 4.78 is 0. The highest BCUT2D eigenvalue weighted by Crippen LogP contribution is 2.37. The average Bonchev–Trinajstić information content (AvgIpc) is 2.37. The molecular weight excluding hydrogens is 238 g/mol. The lowest BCUT2D eigenvalue weighted by molar-refractivity contribution is 0.450. The van der Waals surface area contributed by atoms with Gasteiger partial charge in [0.15, 0.2) is 0 Å². The van der Waals surface area contributed by atoms with Crippen LogP contribution in [0.2, 0.25) is 5.02 Å². The van der Waals surface area contributed by atoms with Crippen LogP contribution < -0.4 is 5.32 Å². The highest BCUT2D eigenvalue weighted by atomic mass is 35.5. The number of nitrogens with one attached hydrogen (secondary N) is 1. The first-order valence-corrected chi connectivity index (χ1v) is 7.20. The van der Waals surface area contributed by atoms with E-state index in [2.05, 4.69) is 31.3 Å². The molecule has 0 aromatic heterocycles. The monoisotopic (exact) mass is 255 g/mol. The minimum Gasteiger partial charge on any atom is -0.313 e. The summed E-state index contributed by atoms with van der Waals surface area (Å²) in [6.07, 6.45) is 0. The number of hydrogen-bond donors (Lipinski definition) is 1. The van der Waals surface area contributed by atoms with Crippen LogP contribution in [0.4, 0.5) is 0 Å². The first-order valence-electron chi connectivity index (χ1n) is 5.67. The molecule has 2 rings (SSSR count). The van der Waals surface area contributed by atoms with Crippen LogP contribution in [-0.2, 0) is 5.75 Å². The molecule has 1 aromatic carbocycles. The van der Waals surface area contributed by atoms with Gasteiger partial charge in [-0.3, -0.25) is 0 Å². The summed E-state index contributed by atoms with van der Waals surface area (Å²) in [5, 5.41) is 4.36. The molecule has 16 heavy (non-hydrogen) atoms. The van der Waals surface area contributed by atoms with Crippen LogP contribution in [-0.4, -0.2) is 12.8 Å². The van der Waals surface area contributed by atoms with Crippen LogP contribution in [0.15, 0.2) is 12.1 Å². The van der Waals surface area contributed by atoms with E-state index in [9.17, 15) is 0 Å². The molecule has 88 valence electrons. The van der Waals surface area contributed by atoms with Crippen molar-refractivity contribution in [3.05, 3.63) is 33.8 Å². The second kappa shape index (κ2) is 4.99. The summed E-state index contributed by atoms with van der Waals surface area (Å²) in [7, 11) is 2.04. The first kappa shape index (κ1) is 12.3. The summed E-state index contributed by atoms with van der Waals surface area (Å²) in [6, 6.07) is 4.79. The summed E-state index contributed by atoms with van der Waals surface area (Å²) >= 11 is 8.33. The molecule has 0 aliphatic carbocycles. The van der Waals surface area contributed by atoms with Crippen molar-refractivity contribution in [1.29, 1.82) is 0 Å². The molecule has 0 fully saturated rings. The van der Waals surface area contributed by atoms with Crippen LogP contribution in [0.1, 0.15) is 29.7 Å². The lowest BCUT2D eigenvalue weighted by Gasteiger charge is -2.23. The summed E-state index contributed by atoms with van der Waals surface area (Å²) in [6.45, 7) is 4.42. The fraction of sp³-hybridized carbons (Fsp3) is 0.538. The van der Waals surface area contributed by atoms with Crippen LogP contribution in [0.25, 0.3) is 0 Å². The van der Waals surface area contributed by atoms with E-state index in [1.807, 2.05) is 18.8 Å². The maximum absolute atomic E-state index is 6.35. The van der Waals surface area contributed by atoms with E-state index in [0.717, 1.165) is 10.8 Å². The van der Waals surface area contributed by atoms with Gasteiger partial charge in [0.1, 0.15) is 0 Å². The number of fused-ring (bicyclic) bond motifs is 1. The van der Waals surface area contributed by atoms with Crippen molar-refractivity contribution in [1.82, 2.24) is 5.32 Å². The minimum absolute atomic E-state index is 0.433. The largest absolute Gasteiger partial charge is 0.313 e. The van der Waals surface area contributed by atoms with Crippen molar-refractivity contribution in [2.45, 2.75) is 25.6 Å². The van der Waals surface area contributed by atoms with Gasteiger partial charge in [-0.1, -0.05) is 24.6 Å². The fourth-order valence-electron chi connectivity index (χ4n) is 2.42. The van der Waals surface area contributed by atoms with Gasteiger partial charge in [-0.25, -0.2) is 0 Å². The van der Waals surface area contributed by atoms with Crippen molar-refractivity contribution in [2.24, 2.45) is 5.92 Å². The Balaban J connectivity index is 2.53. The van der Waals surface area contributed by atoms with Crippen LogP contribution in [0, 0.1) is 12.8 Å². The topological polar surface area (TPSA) is 12.0 Å². The third-order valence-electron chi connectivity index (χ3n) is 3.22. The number of rotatable bonds is 1. The number of halogens is 1. The van der Waals surface area contributed by atoms with Gasteiger partial charge in [0.25, 0.3) is 0 Å². The molecule has 1 aromatic rings. The van der Waals surface area contributed by atoms with Crippen LogP contribution in [0.3, 0.4) is 0 Å². The molecule has 2 atom stereocenters. The van der Waals surface area contributed by atoms with E-state index in [-0.39, 0.29) is 0 Å².